The molecule has 2 aliphatic heterocycles. The molecule has 11 nitrogen and oxygen atoms in total. The number of fused-ring (bicyclic) bond motifs is 2. The lowest BCUT2D eigenvalue weighted by Crippen LogP contribution is -2.39. The quantitative estimate of drug-likeness (QED) is 0.193. The van der Waals surface area contributed by atoms with E-state index in [0.717, 1.165) is 74.3 Å². The lowest BCUT2D eigenvalue weighted by Gasteiger charge is -2.19. The lowest BCUT2D eigenvalue weighted by atomic mass is 10.1. The number of H-pyrrole nitrogens is 1. The number of aromatic amines is 1. The summed E-state index contributed by atoms with van der Waals surface area (Å²) in [7, 11) is 0. The first kappa shape index (κ1) is 27.2. The average molecular weight is 567 g/mol. The number of amidine groups is 2. The summed E-state index contributed by atoms with van der Waals surface area (Å²) in [6.45, 7) is 2.90. The lowest BCUT2D eigenvalue weighted by molar-refractivity contribution is -0.134. The van der Waals surface area contributed by atoms with Gasteiger partial charge in [0, 0.05) is 59.2 Å². The van der Waals surface area contributed by atoms with Crippen LogP contribution in [0.2, 0.25) is 0 Å². The summed E-state index contributed by atoms with van der Waals surface area (Å²) in [5.74, 6) is 1.49. The molecule has 2 atom stereocenters. The number of pyridine rings is 1. The number of β-amino-alcohol motifs (C(OH)–C–C–N with tert-alkyl or cyclic N) is 2. The molecule has 214 valence electrons. The molecule has 0 bridgehead atoms. The van der Waals surface area contributed by atoms with E-state index in [0.29, 0.717) is 26.2 Å². The molecule has 0 fully saturated rings. The Bertz CT molecular complexity index is 1690. The van der Waals surface area contributed by atoms with Gasteiger partial charge in [-0.2, -0.15) is 0 Å². The van der Waals surface area contributed by atoms with Gasteiger partial charge >= 0.3 is 0 Å². The minimum absolute atomic E-state index is 0.400. The molecule has 0 aliphatic carbocycles. The second-order valence-corrected chi connectivity index (χ2v) is 10.2. The number of carboxylic acid groups (broad SMARTS) is 1. The fourth-order valence-corrected chi connectivity index (χ4v) is 4.88. The first-order valence-electron chi connectivity index (χ1n) is 13.6. The van der Waals surface area contributed by atoms with E-state index in [2.05, 4.69) is 43.8 Å². The van der Waals surface area contributed by atoms with Crippen LogP contribution in [0, 0.1) is 0 Å². The van der Waals surface area contributed by atoms with Gasteiger partial charge in [-0.15, -0.1) is 0 Å². The Morgan fingerprint density at radius 1 is 0.833 bits per heavy atom. The van der Waals surface area contributed by atoms with Crippen molar-refractivity contribution in [2.45, 2.75) is 19.1 Å². The summed E-state index contributed by atoms with van der Waals surface area (Å²) in [4.78, 5) is 26.0. The number of carbonyl (C=O) groups is 1. The maximum Gasteiger partial charge on any atom is 0.300 e. The van der Waals surface area contributed by atoms with Crippen LogP contribution in [0.25, 0.3) is 44.6 Å². The largest absolute Gasteiger partial charge is 0.481 e. The predicted octanol–water partition coefficient (Wildman–Crippen LogP) is 3.16. The number of aliphatic hydroxyl groups is 2. The number of aliphatic carboxylic acids is 1. The molecule has 11 heteroatoms. The van der Waals surface area contributed by atoms with E-state index in [1.165, 1.54) is 0 Å². The Morgan fingerprint density at radius 2 is 1.45 bits per heavy atom. The maximum atomic E-state index is 9.67. The summed E-state index contributed by atoms with van der Waals surface area (Å²) in [6, 6.07) is 20.3. The van der Waals surface area contributed by atoms with Gasteiger partial charge in [-0.1, -0.05) is 24.3 Å². The Kier molecular flexibility index (Phi) is 7.43. The monoisotopic (exact) mass is 566 g/mol. The van der Waals surface area contributed by atoms with Gasteiger partial charge in [-0.25, -0.2) is 0 Å². The number of hydrogen-bond donors (Lipinski definition) is 6. The molecule has 0 saturated carbocycles. The number of rotatable bonds is 4. The zero-order valence-corrected chi connectivity index (χ0v) is 22.8. The SMILES string of the molecule is CC(=O)O.OC1CN=C(c2ccc3cc(-c4ccc(-c5cc6ccc(C7=NCC(O)CN7)cc6o5)cn4)[nH]c3c2)NC1. The molecule has 5 aromatic rings. The third-order valence-corrected chi connectivity index (χ3v) is 6.94. The first-order chi connectivity index (χ1) is 20.3. The molecular formula is C31H30N6O5. The smallest absolute Gasteiger partial charge is 0.300 e. The molecule has 7 rings (SSSR count). The van der Waals surface area contributed by atoms with Crippen LogP contribution in [0.5, 0.6) is 0 Å². The molecule has 0 radical (unpaired) electrons. The standard InChI is InChI=1S/C29H26N6O3.C2H4O2/c36-21-12-31-28(32-13-21)18-3-1-16-7-25(35-24(16)8-18)23-6-5-20(11-30-23)27-9-17-2-4-19(10-26(17)38-27)29-33-14-22(37)15-34-29;1-2(3)4/h1-11,21-22,35-37H,12-15H2,(H,31,32)(H,33,34);1H3,(H,3,4). The highest BCUT2D eigenvalue weighted by atomic mass is 16.4. The van der Waals surface area contributed by atoms with E-state index in [1.807, 2.05) is 48.7 Å². The molecule has 2 aromatic carbocycles. The summed E-state index contributed by atoms with van der Waals surface area (Å²) in [5, 5.41) is 35.2. The van der Waals surface area contributed by atoms with Crippen LogP contribution < -0.4 is 10.6 Å². The van der Waals surface area contributed by atoms with Gasteiger partial charge in [0.25, 0.3) is 5.97 Å². The number of nitrogens with one attached hydrogen (secondary N) is 3. The normalized spacial score (nSPS) is 18.4. The van der Waals surface area contributed by atoms with Crippen molar-refractivity contribution in [3.8, 4) is 22.7 Å². The number of carboxylic acids is 1. The van der Waals surface area contributed by atoms with Crippen molar-refractivity contribution >= 4 is 39.5 Å². The van der Waals surface area contributed by atoms with Crippen molar-refractivity contribution in [3.05, 3.63) is 78.0 Å². The number of aromatic nitrogens is 2. The minimum Gasteiger partial charge on any atom is -0.481 e. The van der Waals surface area contributed by atoms with E-state index in [9.17, 15) is 10.2 Å². The van der Waals surface area contributed by atoms with Crippen LogP contribution in [-0.4, -0.2) is 81.3 Å². The summed E-state index contributed by atoms with van der Waals surface area (Å²) in [6.07, 6.45) is 0.945. The van der Waals surface area contributed by atoms with Gasteiger partial charge in [0.15, 0.2) is 0 Å². The molecule has 42 heavy (non-hydrogen) atoms. The third kappa shape index (κ3) is 5.87. The van der Waals surface area contributed by atoms with Crippen molar-refractivity contribution in [2.24, 2.45) is 9.98 Å². The number of aliphatic imine (C=N–C) groups is 2. The third-order valence-electron chi connectivity index (χ3n) is 6.94. The Balaban J connectivity index is 0.000000744. The molecule has 0 spiro atoms. The van der Waals surface area contributed by atoms with Gasteiger partial charge < -0.3 is 35.4 Å². The molecular weight excluding hydrogens is 536 g/mol. The van der Waals surface area contributed by atoms with Crippen LogP contribution in [0.1, 0.15) is 18.1 Å². The van der Waals surface area contributed by atoms with Gasteiger partial charge in [-0.3, -0.25) is 19.8 Å². The highest BCUT2D eigenvalue weighted by Gasteiger charge is 2.16. The van der Waals surface area contributed by atoms with Gasteiger partial charge in [0.05, 0.1) is 36.7 Å². The molecule has 6 N–H and O–H groups in total. The number of hydrogen-bond acceptors (Lipinski definition) is 9. The highest BCUT2D eigenvalue weighted by Crippen LogP contribution is 2.30. The van der Waals surface area contributed by atoms with E-state index >= 15 is 0 Å². The fourth-order valence-electron chi connectivity index (χ4n) is 4.88. The molecule has 0 saturated heterocycles. The van der Waals surface area contributed by atoms with Crippen molar-refractivity contribution in [1.29, 1.82) is 0 Å². The number of benzene rings is 2. The zero-order valence-electron chi connectivity index (χ0n) is 22.8. The van der Waals surface area contributed by atoms with Crippen molar-refractivity contribution in [2.75, 3.05) is 26.2 Å². The average Bonchev–Trinajstić information content (AvgIpc) is 3.61. The minimum atomic E-state index is -0.833. The van der Waals surface area contributed by atoms with Crippen LogP contribution in [0.4, 0.5) is 0 Å². The van der Waals surface area contributed by atoms with Crippen molar-refractivity contribution in [3.63, 3.8) is 0 Å². The molecule has 3 aromatic heterocycles. The zero-order chi connectivity index (χ0) is 29.2. The molecule has 2 unspecified atom stereocenters. The van der Waals surface area contributed by atoms with Crippen molar-refractivity contribution in [1.82, 2.24) is 20.6 Å². The summed E-state index contributed by atoms with van der Waals surface area (Å²) < 4.78 is 6.16. The number of nitrogens with zero attached hydrogens (tertiary/aromatic N) is 3. The number of furan rings is 1. The summed E-state index contributed by atoms with van der Waals surface area (Å²) in [5.41, 5.74) is 6.35. The summed E-state index contributed by atoms with van der Waals surface area (Å²) >= 11 is 0. The van der Waals surface area contributed by atoms with Gasteiger partial charge in [0.1, 0.15) is 23.0 Å². The second-order valence-electron chi connectivity index (χ2n) is 10.2. The molecule has 5 heterocycles. The number of aliphatic hydroxyl groups excluding tert-OH is 2. The van der Waals surface area contributed by atoms with E-state index in [1.54, 1.807) is 0 Å². The molecule has 0 amide bonds. The Morgan fingerprint density at radius 3 is 2.05 bits per heavy atom. The van der Waals surface area contributed by atoms with E-state index in [-0.39, 0.29) is 0 Å². The Labute approximate surface area is 240 Å². The predicted molar refractivity (Wildman–Crippen MR) is 161 cm³/mol. The van der Waals surface area contributed by atoms with Crippen LogP contribution in [0.3, 0.4) is 0 Å². The second kappa shape index (κ2) is 11.5. The topological polar surface area (TPSA) is 168 Å². The van der Waals surface area contributed by atoms with Gasteiger partial charge in [-0.05, 0) is 36.4 Å². The van der Waals surface area contributed by atoms with E-state index < -0.39 is 18.2 Å². The highest BCUT2D eigenvalue weighted by molar-refractivity contribution is 6.03. The van der Waals surface area contributed by atoms with Crippen LogP contribution >= 0.6 is 0 Å². The van der Waals surface area contributed by atoms with E-state index in [4.69, 9.17) is 19.3 Å². The van der Waals surface area contributed by atoms with Crippen molar-refractivity contribution < 1.29 is 24.5 Å². The van der Waals surface area contributed by atoms with Gasteiger partial charge in [0.2, 0.25) is 0 Å². The maximum absolute atomic E-state index is 9.67. The fraction of sp³-hybridized carbons (Fsp3) is 0.226. The van der Waals surface area contributed by atoms with Crippen LogP contribution in [-0.2, 0) is 4.79 Å². The first-order valence-corrected chi connectivity index (χ1v) is 13.6. The van der Waals surface area contributed by atoms with Crippen LogP contribution in [0.15, 0.2) is 81.3 Å². The molecule has 2 aliphatic rings. The Hall–Kier alpha value is -5.00.